The number of anilines is 2. The molecule has 0 bridgehead atoms. The lowest BCUT2D eigenvalue weighted by Crippen LogP contribution is -2.49. The zero-order valence-corrected chi connectivity index (χ0v) is 22.2. The van der Waals surface area contributed by atoms with Crippen molar-refractivity contribution in [3.05, 3.63) is 53.7 Å². The van der Waals surface area contributed by atoms with Crippen molar-refractivity contribution < 1.29 is 19.5 Å². The number of likely N-dealkylation sites (tertiary alicyclic amines) is 1. The van der Waals surface area contributed by atoms with Crippen LogP contribution in [0.5, 0.6) is 0 Å². The summed E-state index contributed by atoms with van der Waals surface area (Å²) in [5, 5.41) is 15.0. The first kappa shape index (κ1) is 27.4. The number of benzene rings is 1. The van der Waals surface area contributed by atoms with Crippen molar-refractivity contribution in [2.45, 2.75) is 32.7 Å². The van der Waals surface area contributed by atoms with E-state index in [1.807, 2.05) is 17.0 Å². The van der Waals surface area contributed by atoms with Crippen LogP contribution in [0.15, 0.2) is 42.6 Å². The lowest BCUT2D eigenvalue weighted by Gasteiger charge is -2.36. The Balaban J connectivity index is 1.29. The molecule has 0 spiro atoms. The van der Waals surface area contributed by atoms with Crippen molar-refractivity contribution in [3.8, 4) is 0 Å². The molecule has 10 heteroatoms. The summed E-state index contributed by atoms with van der Waals surface area (Å²) in [5.74, 6) is 0.572. The van der Waals surface area contributed by atoms with Gasteiger partial charge in [-0.15, -0.1) is 0 Å². The maximum Gasteiger partial charge on any atom is 0.253 e. The Labute approximate surface area is 224 Å². The summed E-state index contributed by atoms with van der Waals surface area (Å²) in [5.41, 5.74) is 2.10. The molecule has 2 aromatic rings. The maximum absolute atomic E-state index is 13.1. The lowest BCUT2D eigenvalue weighted by atomic mass is 9.95. The van der Waals surface area contributed by atoms with Gasteiger partial charge in [0.2, 0.25) is 5.91 Å². The molecule has 38 heavy (non-hydrogen) atoms. The molecule has 0 atom stereocenters. The lowest BCUT2D eigenvalue weighted by molar-refractivity contribution is -0.126. The normalized spacial score (nSPS) is 16.5. The van der Waals surface area contributed by atoms with Gasteiger partial charge in [-0.2, -0.15) is 0 Å². The summed E-state index contributed by atoms with van der Waals surface area (Å²) < 4.78 is 0. The van der Waals surface area contributed by atoms with E-state index < -0.39 is 0 Å². The van der Waals surface area contributed by atoms with Gasteiger partial charge >= 0.3 is 0 Å². The summed E-state index contributed by atoms with van der Waals surface area (Å²) in [7, 11) is 0. The largest absolute Gasteiger partial charge is 0.395 e. The van der Waals surface area contributed by atoms with Gasteiger partial charge in [0, 0.05) is 75.1 Å². The first-order valence-electron chi connectivity index (χ1n) is 13.4. The second-order valence-corrected chi connectivity index (χ2v) is 10.1. The Morgan fingerprint density at radius 1 is 0.921 bits per heavy atom. The SMILES string of the molecule is CC(C)Nc1cccnc1N1CCN(C(=O)c2ccc(C(=O)N3CCC(C(=O)NCCO)CC3)cc2)CC1. The van der Waals surface area contributed by atoms with E-state index in [0.717, 1.165) is 11.5 Å². The quantitative estimate of drug-likeness (QED) is 0.484. The standard InChI is InChI=1S/C28H38N6O4/c1-20(2)31-24-4-3-11-29-25(24)32-15-17-34(18-16-32)28(38)23-7-5-22(6-8-23)27(37)33-13-9-21(10-14-33)26(36)30-12-19-35/h3-8,11,20-21,31,35H,9-10,12-19H2,1-2H3,(H,30,36). The molecule has 10 nitrogen and oxygen atoms in total. The van der Waals surface area contributed by atoms with Crippen LogP contribution in [0.3, 0.4) is 0 Å². The number of pyridine rings is 1. The topological polar surface area (TPSA) is 118 Å². The first-order chi connectivity index (χ1) is 18.4. The second-order valence-electron chi connectivity index (χ2n) is 10.1. The van der Waals surface area contributed by atoms with Crippen LogP contribution in [0.4, 0.5) is 11.5 Å². The van der Waals surface area contributed by atoms with Crippen molar-refractivity contribution in [2.75, 3.05) is 62.6 Å². The zero-order chi connectivity index (χ0) is 27.1. The number of nitrogens with one attached hydrogen (secondary N) is 2. The number of aromatic nitrogens is 1. The van der Waals surface area contributed by atoms with Gasteiger partial charge in [0.25, 0.3) is 11.8 Å². The van der Waals surface area contributed by atoms with Crippen LogP contribution in [-0.4, -0.2) is 96.1 Å². The Morgan fingerprint density at radius 2 is 1.50 bits per heavy atom. The molecule has 2 aliphatic heterocycles. The third-order valence-corrected chi connectivity index (χ3v) is 7.04. The number of nitrogens with zero attached hydrogens (tertiary/aromatic N) is 4. The summed E-state index contributed by atoms with van der Waals surface area (Å²) in [6.45, 7) is 7.94. The van der Waals surface area contributed by atoms with Crippen LogP contribution >= 0.6 is 0 Å². The minimum Gasteiger partial charge on any atom is -0.395 e. The van der Waals surface area contributed by atoms with Crippen molar-refractivity contribution in [2.24, 2.45) is 5.92 Å². The molecule has 2 saturated heterocycles. The molecule has 1 aromatic heterocycles. The predicted molar refractivity (Wildman–Crippen MR) is 146 cm³/mol. The molecule has 3 amide bonds. The summed E-state index contributed by atoms with van der Waals surface area (Å²) >= 11 is 0. The van der Waals surface area contributed by atoms with Crippen LogP contribution in [0.25, 0.3) is 0 Å². The fourth-order valence-corrected chi connectivity index (χ4v) is 4.98. The molecule has 3 N–H and O–H groups in total. The fourth-order valence-electron chi connectivity index (χ4n) is 4.98. The van der Waals surface area contributed by atoms with Gasteiger partial charge in [-0.3, -0.25) is 14.4 Å². The Bertz CT molecular complexity index is 1110. The van der Waals surface area contributed by atoms with Crippen LogP contribution in [0, 0.1) is 5.92 Å². The molecule has 2 fully saturated rings. The second kappa shape index (κ2) is 12.7. The molecule has 0 radical (unpaired) electrons. The Morgan fingerprint density at radius 3 is 2.05 bits per heavy atom. The molecule has 3 heterocycles. The van der Waals surface area contributed by atoms with Gasteiger partial charge < -0.3 is 30.4 Å². The van der Waals surface area contributed by atoms with Crippen LogP contribution in [0.2, 0.25) is 0 Å². The number of amides is 3. The van der Waals surface area contributed by atoms with E-state index in [9.17, 15) is 14.4 Å². The highest BCUT2D eigenvalue weighted by Crippen LogP contribution is 2.25. The number of hydrogen-bond acceptors (Lipinski definition) is 7. The van der Waals surface area contributed by atoms with E-state index >= 15 is 0 Å². The monoisotopic (exact) mass is 522 g/mol. The molecular weight excluding hydrogens is 484 g/mol. The van der Waals surface area contributed by atoms with Gasteiger partial charge in [-0.1, -0.05) is 0 Å². The van der Waals surface area contributed by atoms with Crippen molar-refractivity contribution in [1.82, 2.24) is 20.1 Å². The number of rotatable bonds is 8. The summed E-state index contributed by atoms with van der Waals surface area (Å²) in [4.78, 5) is 48.6. The van der Waals surface area contributed by atoms with Crippen LogP contribution in [-0.2, 0) is 4.79 Å². The van der Waals surface area contributed by atoms with E-state index in [1.165, 1.54) is 0 Å². The third-order valence-electron chi connectivity index (χ3n) is 7.04. The van der Waals surface area contributed by atoms with Crippen molar-refractivity contribution >= 4 is 29.2 Å². The highest BCUT2D eigenvalue weighted by atomic mass is 16.3. The van der Waals surface area contributed by atoms with E-state index in [2.05, 4.69) is 34.4 Å². The van der Waals surface area contributed by atoms with E-state index in [1.54, 1.807) is 35.4 Å². The highest BCUT2D eigenvalue weighted by Gasteiger charge is 2.28. The average molecular weight is 523 g/mol. The van der Waals surface area contributed by atoms with E-state index in [0.29, 0.717) is 69.3 Å². The van der Waals surface area contributed by atoms with Gasteiger partial charge in [-0.25, -0.2) is 4.98 Å². The Hall–Kier alpha value is -3.66. The molecular formula is C28H38N6O4. The number of piperidine rings is 1. The van der Waals surface area contributed by atoms with Crippen LogP contribution < -0.4 is 15.5 Å². The summed E-state index contributed by atoms with van der Waals surface area (Å²) in [6, 6.07) is 11.1. The fraction of sp³-hybridized carbons (Fsp3) is 0.500. The third kappa shape index (κ3) is 6.61. The van der Waals surface area contributed by atoms with Crippen molar-refractivity contribution in [3.63, 3.8) is 0 Å². The molecule has 2 aliphatic rings. The molecule has 0 unspecified atom stereocenters. The van der Waals surface area contributed by atoms with E-state index in [-0.39, 0.29) is 36.8 Å². The van der Waals surface area contributed by atoms with Gasteiger partial charge in [0.15, 0.2) is 5.82 Å². The van der Waals surface area contributed by atoms with Crippen LogP contribution in [0.1, 0.15) is 47.4 Å². The molecule has 0 saturated carbocycles. The molecule has 0 aliphatic carbocycles. The van der Waals surface area contributed by atoms with Gasteiger partial charge in [-0.05, 0) is 63.1 Å². The zero-order valence-electron chi connectivity index (χ0n) is 22.2. The molecule has 4 rings (SSSR count). The molecule has 1 aromatic carbocycles. The minimum absolute atomic E-state index is 0.0418. The predicted octanol–water partition coefficient (Wildman–Crippen LogP) is 1.83. The van der Waals surface area contributed by atoms with E-state index in [4.69, 9.17) is 5.11 Å². The molecule has 204 valence electrons. The number of carbonyl (C=O) groups excluding carboxylic acids is 3. The summed E-state index contributed by atoms with van der Waals surface area (Å²) in [6.07, 6.45) is 2.98. The van der Waals surface area contributed by atoms with Crippen molar-refractivity contribution in [1.29, 1.82) is 0 Å². The Kier molecular flexibility index (Phi) is 9.17. The number of aliphatic hydroxyl groups is 1. The maximum atomic E-state index is 13.1. The number of hydrogen-bond donors (Lipinski definition) is 3. The smallest absolute Gasteiger partial charge is 0.253 e. The minimum atomic E-state index is -0.137. The highest BCUT2D eigenvalue weighted by molar-refractivity contribution is 5.98. The van der Waals surface area contributed by atoms with Gasteiger partial charge in [0.05, 0.1) is 12.3 Å². The first-order valence-corrected chi connectivity index (χ1v) is 13.4. The van der Waals surface area contributed by atoms with Gasteiger partial charge in [0.1, 0.15) is 0 Å². The number of piperazine rings is 1. The number of carbonyl (C=O) groups is 3. The average Bonchev–Trinajstić information content (AvgIpc) is 2.95. The number of aliphatic hydroxyl groups excluding tert-OH is 1.